The minimum Gasteiger partial charge on any atom is -0.349 e. The van der Waals surface area contributed by atoms with Crippen LogP contribution < -0.4 is 10.6 Å². The van der Waals surface area contributed by atoms with Crippen LogP contribution in [0.4, 0.5) is 10.1 Å². The molecule has 1 aromatic heterocycles. The molecule has 0 aliphatic heterocycles. The molecule has 0 bridgehead atoms. The predicted molar refractivity (Wildman–Crippen MR) is 123 cm³/mol. The lowest BCUT2D eigenvalue weighted by molar-refractivity contribution is -0.120. The van der Waals surface area contributed by atoms with Crippen LogP contribution in [0.25, 0.3) is 10.9 Å². The van der Waals surface area contributed by atoms with Crippen molar-refractivity contribution in [2.75, 3.05) is 5.32 Å². The summed E-state index contributed by atoms with van der Waals surface area (Å²) in [6.07, 6.45) is 4.35. The number of fused-ring (bicyclic) bond motifs is 1. The second-order valence-corrected chi connectivity index (χ2v) is 8.99. The predicted octanol–water partition coefficient (Wildman–Crippen LogP) is 5.72. The van der Waals surface area contributed by atoms with Crippen molar-refractivity contribution in [3.8, 4) is 0 Å². The van der Waals surface area contributed by atoms with E-state index in [9.17, 15) is 14.0 Å². The van der Waals surface area contributed by atoms with Crippen molar-refractivity contribution < 1.29 is 14.0 Å². The molecule has 1 saturated carbocycles. The lowest BCUT2D eigenvalue weighted by Crippen LogP contribution is -2.39. The molecule has 5 nitrogen and oxygen atoms in total. The first-order valence-electron chi connectivity index (χ1n) is 10.0. The van der Waals surface area contributed by atoms with Gasteiger partial charge in [0.05, 0.1) is 21.8 Å². The van der Waals surface area contributed by atoms with Crippen LogP contribution in [0.5, 0.6) is 0 Å². The molecule has 160 valence electrons. The molecule has 2 N–H and O–H groups in total. The van der Waals surface area contributed by atoms with Crippen molar-refractivity contribution in [1.82, 2.24) is 10.3 Å². The number of hydrogen-bond acceptors (Lipinski definition) is 3. The van der Waals surface area contributed by atoms with Crippen LogP contribution >= 0.6 is 27.5 Å². The number of rotatable bonds is 4. The third-order valence-corrected chi connectivity index (χ3v) is 6.31. The van der Waals surface area contributed by atoms with E-state index in [1.54, 1.807) is 12.3 Å². The maximum Gasteiger partial charge on any atom is 0.253 e. The summed E-state index contributed by atoms with van der Waals surface area (Å²) >= 11 is 9.45. The summed E-state index contributed by atoms with van der Waals surface area (Å²) in [5.74, 6) is -0.938. The number of aromatic nitrogens is 1. The first-order valence-corrected chi connectivity index (χ1v) is 11.2. The standard InChI is InChI=1S/C23H20BrClFN3O2/c24-15-10-14-2-1-9-27-21(14)18(11-15)23(31)28-17-6-3-13(4-7-17)22(30)29-20-8-5-16(26)12-19(20)25/h1-2,5,8-13,17H,3-4,6-7H2,(H,28,31)(H,29,30)/t13-,17-. The fourth-order valence-electron chi connectivity index (χ4n) is 3.92. The fourth-order valence-corrected chi connectivity index (χ4v) is 4.61. The Kier molecular flexibility index (Phi) is 6.53. The summed E-state index contributed by atoms with van der Waals surface area (Å²) in [4.78, 5) is 29.8. The third-order valence-electron chi connectivity index (χ3n) is 5.54. The Morgan fingerprint density at radius 3 is 2.61 bits per heavy atom. The number of nitrogens with zero attached hydrogens (tertiary/aromatic N) is 1. The van der Waals surface area contributed by atoms with Gasteiger partial charge in [0, 0.05) is 28.0 Å². The number of carbonyl (C=O) groups excluding carboxylic acids is 2. The zero-order valence-corrected chi connectivity index (χ0v) is 18.8. The Bertz CT molecular complexity index is 1150. The van der Waals surface area contributed by atoms with Gasteiger partial charge in [-0.1, -0.05) is 33.6 Å². The van der Waals surface area contributed by atoms with Gasteiger partial charge in [0.2, 0.25) is 5.91 Å². The zero-order valence-electron chi connectivity index (χ0n) is 16.5. The minimum atomic E-state index is -0.451. The largest absolute Gasteiger partial charge is 0.349 e. The number of carbonyl (C=O) groups is 2. The lowest BCUT2D eigenvalue weighted by atomic mass is 9.85. The van der Waals surface area contributed by atoms with E-state index in [4.69, 9.17) is 11.6 Å². The molecule has 2 aromatic carbocycles. The van der Waals surface area contributed by atoms with Gasteiger partial charge in [-0.15, -0.1) is 0 Å². The highest BCUT2D eigenvalue weighted by Crippen LogP contribution is 2.29. The number of pyridine rings is 1. The molecule has 1 aliphatic carbocycles. The number of anilines is 1. The second-order valence-electron chi connectivity index (χ2n) is 7.66. The Labute approximate surface area is 192 Å². The molecule has 4 rings (SSSR count). The maximum absolute atomic E-state index is 13.2. The van der Waals surface area contributed by atoms with E-state index < -0.39 is 5.82 Å². The van der Waals surface area contributed by atoms with Crippen LogP contribution in [0, 0.1) is 11.7 Å². The van der Waals surface area contributed by atoms with Crippen molar-refractivity contribution >= 4 is 55.9 Å². The van der Waals surface area contributed by atoms with Gasteiger partial charge in [0.1, 0.15) is 5.82 Å². The summed E-state index contributed by atoms with van der Waals surface area (Å²) < 4.78 is 14.0. The summed E-state index contributed by atoms with van der Waals surface area (Å²) in [6.45, 7) is 0. The molecule has 0 unspecified atom stereocenters. The Morgan fingerprint density at radius 1 is 1.10 bits per heavy atom. The highest BCUT2D eigenvalue weighted by Gasteiger charge is 2.28. The van der Waals surface area contributed by atoms with Crippen LogP contribution in [0.1, 0.15) is 36.0 Å². The molecule has 0 radical (unpaired) electrons. The molecule has 0 saturated heterocycles. The van der Waals surface area contributed by atoms with E-state index >= 15 is 0 Å². The van der Waals surface area contributed by atoms with Gasteiger partial charge >= 0.3 is 0 Å². The summed E-state index contributed by atoms with van der Waals surface area (Å²) in [5, 5.41) is 6.92. The van der Waals surface area contributed by atoms with E-state index in [0.29, 0.717) is 42.5 Å². The average molecular weight is 505 g/mol. The second kappa shape index (κ2) is 9.32. The van der Waals surface area contributed by atoms with Crippen LogP contribution in [-0.4, -0.2) is 22.8 Å². The van der Waals surface area contributed by atoms with Crippen LogP contribution in [0.2, 0.25) is 5.02 Å². The van der Waals surface area contributed by atoms with Crippen LogP contribution in [0.3, 0.4) is 0 Å². The zero-order chi connectivity index (χ0) is 22.0. The van der Waals surface area contributed by atoms with Crippen molar-refractivity contribution in [2.45, 2.75) is 31.7 Å². The SMILES string of the molecule is O=C(N[C@H]1CC[C@H](C(=O)Nc2ccc(F)cc2Cl)CC1)c1cc(Br)cc2cccnc12. The molecule has 0 spiro atoms. The third kappa shape index (κ3) is 5.05. The molecule has 0 atom stereocenters. The monoisotopic (exact) mass is 503 g/mol. The molecular weight excluding hydrogens is 485 g/mol. The van der Waals surface area contributed by atoms with Crippen molar-refractivity contribution in [3.63, 3.8) is 0 Å². The van der Waals surface area contributed by atoms with E-state index in [1.807, 2.05) is 18.2 Å². The topological polar surface area (TPSA) is 71.1 Å². The summed E-state index contributed by atoms with van der Waals surface area (Å²) in [6, 6.07) is 11.3. The maximum atomic E-state index is 13.2. The average Bonchev–Trinajstić information content (AvgIpc) is 2.75. The molecule has 1 heterocycles. The summed E-state index contributed by atoms with van der Waals surface area (Å²) in [7, 11) is 0. The molecule has 1 aliphatic rings. The van der Waals surface area contributed by atoms with E-state index in [2.05, 4.69) is 31.5 Å². The Morgan fingerprint density at radius 2 is 1.87 bits per heavy atom. The number of benzene rings is 2. The normalized spacial score (nSPS) is 18.5. The van der Waals surface area contributed by atoms with Crippen LogP contribution in [0.15, 0.2) is 53.1 Å². The first kappa shape index (κ1) is 21.7. The highest BCUT2D eigenvalue weighted by molar-refractivity contribution is 9.10. The minimum absolute atomic E-state index is 0.0105. The molecular formula is C23H20BrClFN3O2. The van der Waals surface area contributed by atoms with Gasteiger partial charge < -0.3 is 10.6 Å². The van der Waals surface area contributed by atoms with E-state index in [1.165, 1.54) is 18.2 Å². The Hall–Kier alpha value is -2.51. The molecule has 3 aromatic rings. The van der Waals surface area contributed by atoms with Crippen molar-refractivity contribution in [2.24, 2.45) is 5.92 Å². The number of hydrogen-bond donors (Lipinski definition) is 2. The van der Waals surface area contributed by atoms with Gasteiger partial charge in [-0.05, 0) is 62.1 Å². The summed E-state index contributed by atoms with van der Waals surface area (Å²) in [5.41, 5.74) is 1.58. The smallest absolute Gasteiger partial charge is 0.253 e. The number of nitrogens with one attached hydrogen (secondary N) is 2. The van der Waals surface area contributed by atoms with Gasteiger partial charge in [0.15, 0.2) is 0 Å². The van der Waals surface area contributed by atoms with Crippen LogP contribution in [-0.2, 0) is 4.79 Å². The van der Waals surface area contributed by atoms with Gasteiger partial charge in [-0.3, -0.25) is 14.6 Å². The molecule has 2 amide bonds. The molecule has 1 fully saturated rings. The lowest BCUT2D eigenvalue weighted by Gasteiger charge is -2.28. The molecule has 8 heteroatoms. The molecule has 31 heavy (non-hydrogen) atoms. The highest BCUT2D eigenvalue weighted by atomic mass is 79.9. The number of halogens is 3. The van der Waals surface area contributed by atoms with Gasteiger partial charge in [-0.25, -0.2) is 4.39 Å². The Balaban J connectivity index is 1.36. The fraction of sp³-hybridized carbons (Fsp3) is 0.261. The van der Waals surface area contributed by atoms with E-state index in [0.717, 1.165) is 9.86 Å². The number of amides is 2. The van der Waals surface area contributed by atoms with Crippen molar-refractivity contribution in [3.05, 3.63) is 69.5 Å². The van der Waals surface area contributed by atoms with E-state index in [-0.39, 0.29) is 28.8 Å². The first-order chi connectivity index (χ1) is 14.9. The van der Waals surface area contributed by atoms with Gasteiger partial charge in [0.25, 0.3) is 5.91 Å². The van der Waals surface area contributed by atoms with Gasteiger partial charge in [-0.2, -0.15) is 0 Å². The van der Waals surface area contributed by atoms with Crippen molar-refractivity contribution in [1.29, 1.82) is 0 Å². The quantitative estimate of drug-likeness (QED) is 0.478.